The molecule has 248 valence electrons. The summed E-state index contributed by atoms with van der Waals surface area (Å²) in [5.74, 6) is -1.80. The van der Waals surface area contributed by atoms with E-state index in [-0.39, 0.29) is 36.5 Å². The van der Waals surface area contributed by atoms with Crippen LogP contribution in [0.3, 0.4) is 0 Å². The lowest BCUT2D eigenvalue weighted by molar-refractivity contribution is -0.122. The fourth-order valence-corrected chi connectivity index (χ4v) is 8.23. The van der Waals surface area contributed by atoms with Gasteiger partial charge in [0, 0.05) is 16.5 Å². The molecule has 0 aliphatic carbocycles. The Hall–Kier alpha value is -5.08. The van der Waals surface area contributed by atoms with Crippen molar-refractivity contribution in [3.8, 4) is 17.2 Å². The zero-order chi connectivity index (χ0) is 33.9. The summed E-state index contributed by atoms with van der Waals surface area (Å²) >= 11 is 2.20. The molecule has 14 heteroatoms. The molecule has 0 radical (unpaired) electrons. The molecule has 48 heavy (non-hydrogen) atoms. The van der Waals surface area contributed by atoms with E-state index in [2.05, 4.69) is 10.3 Å². The summed E-state index contributed by atoms with van der Waals surface area (Å²) in [7, 11) is 1.53. The molecule has 3 amide bonds. The number of thiazole rings is 1. The van der Waals surface area contributed by atoms with Crippen LogP contribution in [-0.2, 0) is 19.1 Å². The zero-order valence-electron chi connectivity index (χ0n) is 26.1. The van der Waals surface area contributed by atoms with E-state index in [0.29, 0.717) is 49.7 Å². The van der Waals surface area contributed by atoms with Crippen molar-refractivity contribution in [2.45, 2.75) is 30.0 Å². The van der Waals surface area contributed by atoms with Crippen LogP contribution in [0.2, 0.25) is 0 Å². The van der Waals surface area contributed by atoms with Gasteiger partial charge in [0.15, 0.2) is 18.1 Å². The normalized spacial score (nSPS) is 18.1. The summed E-state index contributed by atoms with van der Waals surface area (Å²) in [6, 6.07) is 18.1. The van der Waals surface area contributed by atoms with Crippen LogP contribution in [0.1, 0.15) is 40.6 Å². The van der Waals surface area contributed by atoms with Gasteiger partial charge in [0.05, 0.1) is 42.5 Å². The third kappa shape index (κ3) is 6.40. The van der Waals surface area contributed by atoms with Gasteiger partial charge in [-0.2, -0.15) is 0 Å². The Morgan fingerprint density at radius 1 is 0.896 bits per heavy atom. The van der Waals surface area contributed by atoms with Crippen LogP contribution >= 0.6 is 23.1 Å². The van der Waals surface area contributed by atoms with Gasteiger partial charge >= 0.3 is 10.8 Å². The number of carbonyl (C=O) groups excluding carboxylic acids is 4. The first-order valence-corrected chi connectivity index (χ1v) is 16.8. The van der Waals surface area contributed by atoms with E-state index in [4.69, 9.17) is 18.9 Å². The van der Waals surface area contributed by atoms with Crippen molar-refractivity contribution in [1.29, 1.82) is 0 Å². The number of amides is 3. The fraction of sp³-hybridized carbons (Fsp3) is 0.265. The molecule has 0 saturated carbocycles. The molecule has 3 atom stereocenters. The highest BCUT2D eigenvalue weighted by Crippen LogP contribution is 2.53. The number of fused-ring (bicyclic) bond motifs is 2. The van der Waals surface area contributed by atoms with E-state index in [1.54, 1.807) is 80.6 Å². The molecule has 0 spiro atoms. The van der Waals surface area contributed by atoms with Crippen molar-refractivity contribution < 1.29 is 38.1 Å². The number of aromatic nitrogens is 1. The second kappa shape index (κ2) is 14.0. The third-order valence-electron chi connectivity index (χ3n) is 7.82. The van der Waals surface area contributed by atoms with E-state index in [9.17, 15) is 24.0 Å². The SMILES string of the molecule is CCOC(=O)c1ccc(NC(=O)COc2ccc([C@@H]3c4sc(=O)[nH]c4S[C@H]4C(=O)N(c5ccc(OC)cc5)C(=O)[C@@H]34)cc2OCC)cc1. The average Bonchev–Trinajstić information content (AvgIpc) is 3.58. The number of anilines is 2. The van der Waals surface area contributed by atoms with Crippen molar-refractivity contribution in [2.24, 2.45) is 5.92 Å². The summed E-state index contributed by atoms with van der Waals surface area (Å²) in [4.78, 5) is 69.3. The Balaban J connectivity index is 1.24. The van der Waals surface area contributed by atoms with E-state index in [1.165, 1.54) is 23.8 Å². The molecule has 1 saturated heterocycles. The number of hydrogen-bond acceptors (Lipinski definition) is 11. The van der Waals surface area contributed by atoms with E-state index in [0.717, 1.165) is 11.3 Å². The first-order chi connectivity index (χ1) is 23.2. The molecule has 4 aromatic rings. The third-order valence-corrected chi connectivity index (χ3v) is 10.2. The first-order valence-electron chi connectivity index (χ1n) is 15.1. The van der Waals surface area contributed by atoms with Crippen LogP contribution in [0.5, 0.6) is 17.2 Å². The zero-order valence-corrected chi connectivity index (χ0v) is 27.8. The summed E-state index contributed by atoms with van der Waals surface area (Å²) < 4.78 is 21.9. The Morgan fingerprint density at radius 3 is 2.33 bits per heavy atom. The quantitative estimate of drug-likeness (QED) is 0.165. The van der Waals surface area contributed by atoms with Gasteiger partial charge in [-0.1, -0.05) is 29.2 Å². The van der Waals surface area contributed by atoms with Crippen molar-refractivity contribution in [3.63, 3.8) is 0 Å². The van der Waals surface area contributed by atoms with Crippen molar-refractivity contribution >= 4 is 58.2 Å². The van der Waals surface area contributed by atoms with Crippen LogP contribution in [-0.4, -0.2) is 60.9 Å². The number of imide groups is 1. The van der Waals surface area contributed by atoms with Gasteiger partial charge < -0.3 is 29.2 Å². The van der Waals surface area contributed by atoms with Crippen LogP contribution in [0, 0.1) is 5.92 Å². The molecular formula is C34H31N3O9S2. The van der Waals surface area contributed by atoms with Gasteiger partial charge in [-0.15, -0.1) is 0 Å². The van der Waals surface area contributed by atoms with Gasteiger partial charge in [0.2, 0.25) is 11.8 Å². The highest BCUT2D eigenvalue weighted by molar-refractivity contribution is 8.00. The Labute approximate surface area is 283 Å². The number of nitrogens with zero attached hydrogens (tertiary/aromatic N) is 1. The lowest BCUT2D eigenvalue weighted by Gasteiger charge is -2.30. The molecule has 3 aromatic carbocycles. The summed E-state index contributed by atoms with van der Waals surface area (Å²) in [5.41, 5.74) is 1.93. The lowest BCUT2D eigenvalue weighted by atomic mass is 9.83. The maximum absolute atomic E-state index is 14.0. The average molecular weight is 690 g/mol. The van der Waals surface area contributed by atoms with Crippen LogP contribution in [0.4, 0.5) is 11.4 Å². The van der Waals surface area contributed by atoms with Crippen LogP contribution < -0.4 is 29.3 Å². The number of thioether (sulfide) groups is 1. The van der Waals surface area contributed by atoms with Crippen LogP contribution in [0.25, 0.3) is 0 Å². The van der Waals surface area contributed by atoms with Gasteiger partial charge in [-0.05, 0) is 80.1 Å². The molecule has 0 unspecified atom stereocenters. The second-order valence-corrected chi connectivity index (χ2v) is 12.9. The largest absolute Gasteiger partial charge is 0.497 e. The number of ether oxygens (including phenoxy) is 4. The standard InChI is InChI=1S/C34H31N3O9S2/c1-4-44-24-16-19(8-15-23(24)46-17-25(38)35-20-9-6-18(7-10-20)33(41)45-5-2)26-27-29(47-30-28(26)48-34(42)36-30)32(40)37(31(27)39)21-11-13-22(43-3)14-12-21/h6-16,26-27,29H,4-5,17H2,1-3H3,(H,35,38)(H,36,42)/t26-,27-,29+/m0/s1. The van der Waals surface area contributed by atoms with E-state index < -0.39 is 29.0 Å². The molecule has 1 aromatic heterocycles. The number of rotatable bonds is 11. The van der Waals surface area contributed by atoms with Gasteiger partial charge in [-0.3, -0.25) is 19.2 Å². The molecule has 2 N–H and O–H groups in total. The summed E-state index contributed by atoms with van der Waals surface area (Å²) in [6.45, 7) is 3.74. The fourth-order valence-electron chi connectivity index (χ4n) is 5.71. The number of hydrogen-bond donors (Lipinski definition) is 2. The maximum atomic E-state index is 14.0. The Bertz CT molecular complexity index is 1920. The predicted octanol–water partition coefficient (Wildman–Crippen LogP) is 4.83. The highest BCUT2D eigenvalue weighted by atomic mass is 32.2. The number of methoxy groups -OCH3 is 1. The summed E-state index contributed by atoms with van der Waals surface area (Å²) in [6.07, 6.45) is 0. The minimum absolute atomic E-state index is 0.260. The van der Waals surface area contributed by atoms with E-state index >= 15 is 0 Å². The molecule has 1 fully saturated rings. The topological polar surface area (TPSA) is 153 Å². The van der Waals surface area contributed by atoms with Crippen LogP contribution in [0.15, 0.2) is 76.6 Å². The minimum atomic E-state index is -0.786. The molecule has 12 nitrogen and oxygen atoms in total. The van der Waals surface area contributed by atoms with Gasteiger partial charge in [0.25, 0.3) is 5.91 Å². The molecule has 0 bridgehead atoms. The number of benzene rings is 3. The Morgan fingerprint density at radius 2 is 1.65 bits per heavy atom. The second-order valence-electron chi connectivity index (χ2n) is 10.7. The van der Waals surface area contributed by atoms with Crippen molar-refractivity contribution in [2.75, 3.05) is 37.1 Å². The molecule has 2 aliphatic rings. The highest BCUT2D eigenvalue weighted by Gasteiger charge is 2.56. The van der Waals surface area contributed by atoms with Crippen molar-refractivity contribution in [1.82, 2.24) is 4.98 Å². The maximum Gasteiger partial charge on any atom is 0.338 e. The number of aromatic amines is 1. The van der Waals surface area contributed by atoms with Gasteiger partial charge in [0.1, 0.15) is 11.0 Å². The smallest absolute Gasteiger partial charge is 0.338 e. The number of H-pyrrole nitrogens is 1. The lowest BCUT2D eigenvalue weighted by Crippen LogP contribution is -2.32. The van der Waals surface area contributed by atoms with Gasteiger partial charge in [-0.25, -0.2) is 9.69 Å². The number of carbonyl (C=O) groups is 4. The number of nitrogens with one attached hydrogen (secondary N) is 2. The predicted molar refractivity (Wildman–Crippen MR) is 180 cm³/mol. The molecular weight excluding hydrogens is 659 g/mol. The first kappa shape index (κ1) is 32.8. The monoisotopic (exact) mass is 689 g/mol. The minimum Gasteiger partial charge on any atom is -0.497 e. The van der Waals surface area contributed by atoms with E-state index in [1.807, 2.05) is 0 Å². The van der Waals surface area contributed by atoms with Crippen molar-refractivity contribution in [3.05, 3.63) is 92.4 Å². The molecule has 6 rings (SSSR count). The number of esters is 1. The molecule has 2 aliphatic heterocycles. The summed E-state index contributed by atoms with van der Waals surface area (Å²) in [5, 5.41) is 2.52. The Kier molecular flexibility index (Phi) is 9.55. The molecule has 3 heterocycles.